The Morgan fingerprint density at radius 1 is 1.32 bits per heavy atom. The molecule has 0 spiro atoms. The molecule has 0 aliphatic rings. The molecule has 0 radical (unpaired) electrons. The summed E-state index contributed by atoms with van der Waals surface area (Å²) in [6, 6.07) is -2.18. The zero-order chi connectivity index (χ0) is 14.3. The van der Waals surface area contributed by atoms with Gasteiger partial charge in [0, 0.05) is 25.5 Å². The Kier molecular flexibility index (Phi) is 5.33. The normalized spacial score (nSPS) is 11.6. The number of aromatic nitrogens is 2. The van der Waals surface area contributed by atoms with Gasteiger partial charge in [-0.25, -0.2) is 14.6 Å². The minimum Gasteiger partial charge on any atom is -0.481 e. The number of urea groups is 1. The Morgan fingerprint density at radius 3 is 2.58 bits per heavy atom. The van der Waals surface area contributed by atoms with E-state index >= 15 is 0 Å². The van der Waals surface area contributed by atoms with Gasteiger partial charge >= 0.3 is 18.0 Å². The summed E-state index contributed by atoms with van der Waals surface area (Å²) in [5, 5.41) is 21.7. The Morgan fingerprint density at radius 2 is 2.05 bits per heavy atom. The van der Waals surface area contributed by atoms with Crippen molar-refractivity contribution in [3.05, 3.63) is 18.7 Å². The first kappa shape index (κ1) is 14.5. The molecular formula is C10H14N4O5. The number of carbonyl (C=O) groups is 3. The average Bonchev–Trinajstić information content (AvgIpc) is 2.80. The topological polar surface area (TPSA) is 134 Å². The van der Waals surface area contributed by atoms with Crippen LogP contribution < -0.4 is 10.6 Å². The molecule has 0 aromatic carbocycles. The fourth-order valence-corrected chi connectivity index (χ4v) is 1.30. The van der Waals surface area contributed by atoms with E-state index in [1.807, 2.05) is 0 Å². The van der Waals surface area contributed by atoms with E-state index in [1.165, 1.54) is 0 Å². The van der Waals surface area contributed by atoms with Crippen molar-refractivity contribution in [2.24, 2.45) is 0 Å². The number of nitrogens with one attached hydrogen (secondary N) is 2. The van der Waals surface area contributed by atoms with Crippen LogP contribution in [0.4, 0.5) is 4.79 Å². The summed E-state index contributed by atoms with van der Waals surface area (Å²) in [4.78, 5) is 36.3. The maximum Gasteiger partial charge on any atom is 0.326 e. The second-order valence-electron chi connectivity index (χ2n) is 3.69. The van der Waals surface area contributed by atoms with Crippen molar-refractivity contribution in [1.82, 2.24) is 20.2 Å². The number of hydrogen-bond acceptors (Lipinski definition) is 4. The lowest BCUT2D eigenvalue weighted by molar-refractivity contribution is -0.145. The van der Waals surface area contributed by atoms with Crippen LogP contribution in [0.25, 0.3) is 0 Å². The summed E-state index contributed by atoms with van der Waals surface area (Å²) in [6.07, 6.45) is 4.20. The number of imidazole rings is 1. The first-order valence-electron chi connectivity index (χ1n) is 5.43. The highest BCUT2D eigenvalue weighted by atomic mass is 16.4. The third-order valence-corrected chi connectivity index (χ3v) is 2.20. The van der Waals surface area contributed by atoms with Gasteiger partial charge in [-0.2, -0.15) is 0 Å². The van der Waals surface area contributed by atoms with Gasteiger partial charge in [-0.1, -0.05) is 0 Å². The molecule has 9 heteroatoms. The SMILES string of the molecule is O=C(O)C[C@H](NC(=O)NCCn1ccnc1)C(=O)O. The number of carbonyl (C=O) groups excluding carboxylic acids is 1. The van der Waals surface area contributed by atoms with Crippen LogP contribution in [0, 0.1) is 0 Å². The molecule has 4 N–H and O–H groups in total. The molecule has 0 saturated carbocycles. The summed E-state index contributed by atoms with van der Waals surface area (Å²) in [6.45, 7) is 0.742. The molecule has 0 unspecified atom stereocenters. The lowest BCUT2D eigenvalue weighted by Crippen LogP contribution is -2.47. The van der Waals surface area contributed by atoms with Gasteiger partial charge in [0.2, 0.25) is 0 Å². The molecule has 1 aromatic rings. The molecular weight excluding hydrogens is 256 g/mol. The van der Waals surface area contributed by atoms with Gasteiger partial charge in [0.1, 0.15) is 6.04 Å². The molecule has 104 valence electrons. The summed E-state index contributed by atoms with van der Waals surface area (Å²) in [5.41, 5.74) is 0. The predicted octanol–water partition coefficient (Wildman–Crippen LogP) is -0.890. The molecule has 0 saturated heterocycles. The van der Waals surface area contributed by atoms with Crippen LogP contribution in [0.3, 0.4) is 0 Å². The zero-order valence-electron chi connectivity index (χ0n) is 9.94. The third-order valence-electron chi connectivity index (χ3n) is 2.20. The number of rotatable bonds is 7. The summed E-state index contributed by atoms with van der Waals surface area (Å²) in [5.74, 6) is -2.70. The molecule has 0 aliphatic heterocycles. The van der Waals surface area contributed by atoms with Crippen molar-refractivity contribution >= 4 is 18.0 Å². The molecule has 9 nitrogen and oxygen atoms in total. The van der Waals surface area contributed by atoms with E-state index in [0.29, 0.717) is 6.54 Å². The Labute approximate surface area is 108 Å². The van der Waals surface area contributed by atoms with Crippen LogP contribution in [0.5, 0.6) is 0 Å². The molecule has 1 rings (SSSR count). The van der Waals surface area contributed by atoms with E-state index in [-0.39, 0.29) is 6.54 Å². The number of aliphatic carboxylic acids is 2. The van der Waals surface area contributed by atoms with Gasteiger partial charge in [0.15, 0.2) is 0 Å². The summed E-state index contributed by atoms with van der Waals surface area (Å²) >= 11 is 0. The average molecular weight is 270 g/mol. The monoisotopic (exact) mass is 270 g/mol. The Bertz CT molecular complexity index is 445. The van der Waals surface area contributed by atoms with Gasteiger partial charge in [-0.3, -0.25) is 4.79 Å². The van der Waals surface area contributed by atoms with E-state index < -0.39 is 30.4 Å². The molecule has 19 heavy (non-hydrogen) atoms. The summed E-state index contributed by atoms with van der Waals surface area (Å²) in [7, 11) is 0. The van der Waals surface area contributed by atoms with Crippen molar-refractivity contribution in [1.29, 1.82) is 0 Å². The van der Waals surface area contributed by atoms with Crippen LogP contribution in [0.1, 0.15) is 6.42 Å². The van der Waals surface area contributed by atoms with Gasteiger partial charge < -0.3 is 25.4 Å². The Balaban J connectivity index is 2.32. The predicted molar refractivity (Wildman–Crippen MR) is 62.4 cm³/mol. The molecule has 0 aliphatic carbocycles. The first-order valence-corrected chi connectivity index (χ1v) is 5.43. The highest BCUT2D eigenvalue weighted by Gasteiger charge is 2.22. The smallest absolute Gasteiger partial charge is 0.326 e. The third kappa shape index (κ3) is 5.52. The van der Waals surface area contributed by atoms with Crippen LogP contribution in [0.15, 0.2) is 18.7 Å². The first-order chi connectivity index (χ1) is 8.99. The van der Waals surface area contributed by atoms with Crippen molar-refractivity contribution in [2.45, 2.75) is 19.0 Å². The second kappa shape index (κ2) is 6.99. The van der Waals surface area contributed by atoms with E-state index in [4.69, 9.17) is 10.2 Å². The van der Waals surface area contributed by atoms with Gasteiger partial charge in [0.05, 0.1) is 12.7 Å². The molecule has 2 amide bonds. The van der Waals surface area contributed by atoms with Crippen molar-refractivity contribution in [2.75, 3.05) is 6.54 Å². The molecule has 0 fully saturated rings. The lowest BCUT2D eigenvalue weighted by atomic mass is 10.2. The second-order valence-corrected chi connectivity index (χ2v) is 3.69. The number of carboxylic acid groups (broad SMARTS) is 2. The van der Waals surface area contributed by atoms with Crippen molar-refractivity contribution in [3.63, 3.8) is 0 Å². The number of nitrogens with zero attached hydrogens (tertiary/aromatic N) is 2. The quantitative estimate of drug-likeness (QED) is 0.508. The van der Waals surface area contributed by atoms with Gasteiger partial charge in [0.25, 0.3) is 0 Å². The largest absolute Gasteiger partial charge is 0.481 e. The highest BCUT2D eigenvalue weighted by Crippen LogP contribution is 1.92. The number of amides is 2. The highest BCUT2D eigenvalue weighted by molar-refractivity contribution is 5.86. The molecule has 1 heterocycles. The zero-order valence-corrected chi connectivity index (χ0v) is 9.94. The van der Waals surface area contributed by atoms with E-state index in [2.05, 4.69) is 15.6 Å². The molecule has 0 bridgehead atoms. The molecule has 1 atom stereocenters. The Hall–Kier alpha value is -2.58. The van der Waals surface area contributed by atoms with Crippen LogP contribution in [-0.4, -0.2) is 50.3 Å². The van der Waals surface area contributed by atoms with Crippen LogP contribution in [0.2, 0.25) is 0 Å². The van der Waals surface area contributed by atoms with Crippen LogP contribution >= 0.6 is 0 Å². The maximum absolute atomic E-state index is 11.4. The van der Waals surface area contributed by atoms with E-state index in [1.54, 1.807) is 23.3 Å². The minimum absolute atomic E-state index is 0.265. The lowest BCUT2D eigenvalue weighted by Gasteiger charge is -2.13. The van der Waals surface area contributed by atoms with Crippen molar-refractivity contribution < 1.29 is 24.6 Å². The fourth-order valence-electron chi connectivity index (χ4n) is 1.30. The van der Waals surface area contributed by atoms with E-state index in [9.17, 15) is 14.4 Å². The number of hydrogen-bond donors (Lipinski definition) is 4. The van der Waals surface area contributed by atoms with E-state index in [0.717, 1.165) is 0 Å². The fraction of sp³-hybridized carbons (Fsp3) is 0.400. The number of carboxylic acids is 2. The van der Waals surface area contributed by atoms with Gasteiger partial charge in [-0.05, 0) is 0 Å². The summed E-state index contributed by atoms with van der Waals surface area (Å²) < 4.78 is 1.73. The molecule has 1 aromatic heterocycles. The maximum atomic E-state index is 11.4. The van der Waals surface area contributed by atoms with Crippen molar-refractivity contribution in [3.8, 4) is 0 Å². The minimum atomic E-state index is -1.45. The van der Waals surface area contributed by atoms with Gasteiger partial charge in [-0.15, -0.1) is 0 Å². The standard InChI is InChI=1S/C10H14N4O5/c15-8(16)5-7(9(17)18)13-10(19)12-2-4-14-3-1-11-6-14/h1,3,6-7H,2,4-5H2,(H,15,16)(H,17,18)(H2,12,13,19)/t7-/m0/s1. The van der Waals surface area contributed by atoms with Crippen LogP contribution in [-0.2, 0) is 16.1 Å².